The summed E-state index contributed by atoms with van der Waals surface area (Å²) in [5, 5.41) is 6.30. The SMILES string of the molecule is [C-]#[N+]c1ccc2c(c1)c1cc[n+](C)c3c4c(C)cc(C)c5cccc(c54)n2c13. The zero-order valence-corrected chi connectivity index (χ0v) is 16.0. The molecule has 0 aliphatic carbocycles. The molecule has 0 fully saturated rings. The molecule has 6 aromatic rings. The Hall–Kier alpha value is -3.64. The fraction of sp³-hybridized carbons (Fsp3) is 0.120. The number of fused-ring (bicyclic) bond motifs is 5. The van der Waals surface area contributed by atoms with Crippen LogP contribution < -0.4 is 4.57 Å². The summed E-state index contributed by atoms with van der Waals surface area (Å²) in [7, 11) is 2.13. The van der Waals surface area contributed by atoms with Crippen LogP contribution >= 0.6 is 0 Å². The van der Waals surface area contributed by atoms with E-state index in [2.05, 4.69) is 77.3 Å². The van der Waals surface area contributed by atoms with Crippen LogP contribution in [-0.2, 0) is 7.05 Å². The van der Waals surface area contributed by atoms with Crippen LogP contribution in [0.5, 0.6) is 0 Å². The van der Waals surface area contributed by atoms with Crippen LogP contribution in [0, 0.1) is 20.4 Å². The number of nitrogens with zero attached hydrogens (tertiary/aromatic N) is 3. The van der Waals surface area contributed by atoms with Crippen LogP contribution in [0.3, 0.4) is 0 Å². The molecule has 0 radical (unpaired) electrons. The van der Waals surface area contributed by atoms with Crippen molar-refractivity contribution >= 4 is 54.7 Å². The first-order valence-corrected chi connectivity index (χ1v) is 9.48. The Kier molecular flexibility index (Phi) is 2.75. The van der Waals surface area contributed by atoms with Gasteiger partial charge in [0.15, 0.2) is 11.9 Å². The van der Waals surface area contributed by atoms with E-state index in [0.29, 0.717) is 5.69 Å². The predicted octanol–water partition coefficient (Wildman–Crippen LogP) is 5.98. The van der Waals surface area contributed by atoms with Gasteiger partial charge < -0.3 is 4.40 Å². The molecule has 0 aliphatic rings. The molecule has 0 spiro atoms. The summed E-state index contributed by atoms with van der Waals surface area (Å²) in [5.74, 6) is 0. The molecule has 3 heterocycles. The lowest BCUT2D eigenvalue weighted by Crippen LogP contribution is -2.29. The van der Waals surface area contributed by atoms with E-state index in [-0.39, 0.29) is 0 Å². The van der Waals surface area contributed by atoms with Gasteiger partial charge in [-0.05, 0) is 53.9 Å². The van der Waals surface area contributed by atoms with Crippen LogP contribution in [-0.4, -0.2) is 4.40 Å². The molecule has 0 atom stereocenters. The molecule has 0 aliphatic heterocycles. The highest BCUT2D eigenvalue weighted by molar-refractivity contribution is 6.26. The van der Waals surface area contributed by atoms with Crippen molar-refractivity contribution in [1.29, 1.82) is 0 Å². The maximum atomic E-state index is 7.43. The van der Waals surface area contributed by atoms with Gasteiger partial charge in [0.1, 0.15) is 12.6 Å². The number of hydrogen-bond acceptors (Lipinski definition) is 0. The smallest absolute Gasteiger partial charge is 0.238 e. The van der Waals surface area contributed by atoms with E-state index in [1.807, 2.05) is 12.1 Å². The molecule has 0 saturated heterocycles. The number of aryl methyl sites for hydroxylation is 3. The van der Waals surface area contributed by atoms with Gasteiger partial charge in [-0.1, -0.05) is 24.3 Å². The maximum absolute atomic E-state index is 7.43. The number of benzene rings is 3. The Morgan fingerprint density at radius 1 is 0.857 bits per heavy atom. The number of hydrogen-bond donors (Lipinski definition) is 0. The average molecular weight is 360 g/mol. The molecule has 3 nitrogen and oxygen atoms in total. The molecule has 0 N–H and O–H groups in total. The summed E-state index contributed by atoms with van der Waals surface area (Å²) < 4.78 is 4.63. The minimum absolute atomic E-state index is 0.684. The van der Waals surface area contributed by atoms with Gasteiger partial charge >= 0.3 is 0 Å². The van der Waals surface area contributed by atoms with Crippen molar-refractivity contribution < 1.29 is 4.57 Å². The second kappa shape index (κ2) is 4.99. The lowest BCUT2D eigenvalue weighted by molar-refractivity contribution is -0.644. The third kappa shape index (κ3) is 1.66. The fourth-order valence-corrected chi connectivity index (χ4v) is 5.04. The van der Waals surface area contributed by atoms with Crippen LogP contribution in [0.4, 0.5) is 5.69 Å². The lowest BCUT2D eigenvalue weighted by atomic mass is 9.95. The van der Waals surface area contributed by atoms with Crippen LogP contribution in [0.1, 0.15) is 11.1 Å². The first kappa shape index (κ1) is 15.4. The van der Waals surface area contributed by atoms with Crippen molar-refractivity contribution in [2.24, 2.45) is 7.05 Å². The van der Waals surface area contributed by atoms with Crippen molar-refractivity contribution in [1.82, 2.24) is 4.40 Å². The Morgan fingerprint density at radius 3 is 2.54 bits per heavy atom. The molecule has 0 unspecified atom stereocenters. The zero-order chi connectivity index (χ0) is 19.2. The summed E-state index contributed by atoms with van der Waals surface area (Å²) >= 11 is 0. The van der Waals surface area contributed by atoms with Gasteiger partial charge in [-0.15, -0.1) is 0 Å². The van der Waals surface area contributed by atoms with E-state index in [4.69, 9.17) is 6.57 Å². The Labute approximate surface area is 162 Å². The summed E-state index contributed by atoms with van der Waals surface area (Å²) in [6.07, 6.45) is 2.14. The first-order valence-electron chi connectivity index (χ1n) is 9.48. The molecular weight excluding hydrogens is 342 g/mol. The number of aromatic nitrogens is 2. The molecule has 132 valence electrons. The monoisotopic (exact) mass is 360 g/mol. The van der Waals surface area contributed by atoms with Gasteiger partial charge in [-0.2, -0.15) is 4.57 Å². The van der Waals surface area contributed by atoms with Gasteiger partial charge in [0, 0.05) is 16.8 Å². The lowest BCUT2D eigenvalue weighted by Gasteiger charge is -2.14. The number of pyridine rings is 2. The zero-order valence-electron chi connectivity index (χ0n) is 16.0. The maximum Gasteiger partial charge on any atom is 0.238 e. The topological polar surface area (TPSA) is 12.7 Å². The van der Waals surface area contributed by atoms with Gasteiger partial charge in [-0.3, -0.25) is 0 Å². The highest BCUT2D eigenvalue weighted by atomic mass is 15.0. The summed E-state index contributed by atoms with van der Waals surface area (Å²) in [4.78, 5) is 3.66. The fourth-order valence-electron chi connectivity index (χ4n) is 5.04. The van der Waals surface area contributed by atoms with Gasteiger partial charge in [0.05, 0.1) is 23.0 Å². The minimum Gasteiger partial charge on any atom is -0.303 e. The van der Waals surface area contributed by atoms with Crippen LogP contribution in [0.2, 0.25) is 0 Å². The molecule has 6 rings (SSSR count). The predicted molar refractivity (Wildman–Crippen MR) is 116 cm³/mol. The molecule has 0 saturated carbocycles. The molecule has 28 heavy (non-hydrogen) atoms. The van der Waals surface area contributed by atoms with Gasteiger partial charge in [-0.25, -0.2) is 4.85 Å². The molecule has 3 aromatic carbocycles. The third-order valence-corrected chi connectivity index (χ3v) is 6.18. The Morgan fingerprint density at radius 2 is 1.71 bits per heavy atom. The van der Waals surface area contributed by atoms with Crippen molar-refractivity contribution in [2.75, 3.05) is 0 Å². The minimum atomic E-state index is 0.684. The highest BCUT2D eigenvalue weighted by Crippen LogP contribution is 2.41. The Bertz CT molecular complexity index is 1640. The highest BCUT2D eigenvalue weighted by Gasteiger charge is 2.24. The van der Waals surface area contributed by atoms with Crippen LogP contribution in [0.25, 0.3) is 53.8 Å². The van der Waals surface area contributed by atoms with E-state index < -0.39 is 0 Å². The van der Waals surface area contributed by atoms with Gasteiger partial charge in [0.25, 0.3) is 0 Å². The normalized spacial score (nSPS) is 12.1. The summed E-state index contributed by atoms with van der Waals surface area (Å²) in [6.45, 7) is 11.8. The standard InChI is InChI=1S/C25H18N3/c1-14-12-15(2)22-23-17(14)6-5-7-21(23)28-20-9-8-16(26-3)13-19(20)18-10-11-27(4)25(22)24(18)28/h5-13H,1-2,4H3/q+1. The Balaban J connectivity index is 2.11. The quantitative estimate of drug-likeness (QED) is 0.137. The van der Waals surface area contributed by atoms with Crippen molar-refractivity contribution in [2.45, 2.75) is 13.8 Å². The summed E-state index contributed by atoms with van der Waals surface area (Å²) in [6, 6.07) is 17.1. The number of rotatable bonds is 0. The van der Waals surface area contributed by atoms with Crippen molar-refractivity contribution in [3.63, 3.8) is 0 Å². The molecule has 3 aromatic heterocycles. The van der Waals surface area contributed by atoms with Crippen LogP contribution in [0.15, 0.2) is 54.7 Å². The molecule has 3 heteroatoms. The van der Waals surface area contributed by atoms with E-state index in [9.17, 15) is 0 Å². The van der Waals surface area contributed by atoms with E-state index in [1.165, 1.54) is 49.2 Å². The molecular formula is C25H18N3+. The second-order valence-electron chi connectivity index (χ2n) is 7.77. The molecule has 0 bridgehead atoms. The van der Waals surface area contributed by atoms with E-state index in [1.54, 1.807) is 0 Å². The first-order chi connectivity index (χ1) is 13.6. The van der Waals surface area contributed by atoms with Crippen molar-refractivity contribution in [3.05, 3.63) is 77.3 Å². The molecule has 0 amide bonds. The largest absolute Gasteiger partial charge is 0.303 e. The summed E-state index contributed by atoms with van der Waals surface area (Å²) in [5.41, 5.74) is 8.17. The van der Waals surface area contributed by atoms with Crippen molar-refractivity contribution in [3.8, 4) is 0 Å². The van der Waals surface area contributed by atoms with E-state index >= 15 is 0 Å². The van der Waals surface area contributed by atoms with E-state index in [0.717, 1.165) is 10.9 Å². The third-order valence-electron chi connectivity index (χ3n) is 6.18. The van der Waals surface area contributed by atoms with Gasteiger partial charge in [0.2, 0.25) is 5.52 Å². The average Bonchev–Trinajstić information content (AvgIpc) is 3.03. The second-order valence-corrected chi connectivity index (χ2v) is 7.77.